The fraction of sp³-hybridized carbons (Fsp3) is 0.676. The molecule has 0 heterocycles. The number of allylic oxidation sites excluding steroid dienone is 4. The van der Waals surface area contributed by atoms with E-state index < -0.39 is 0 Å². The summed E-state index contributed by atoms with van der Waals surface area (Å²) in [6, 6.07) is 9.50. The third kappa shape index (κ3) is 4.63. The van der Waals surface area contributed by atoms with Crippen molar-refractivity contribution in [1.82, 2.24) is 0 Å². The van der Waals surface area contributed by atoms with Gasteiger partial charge in [0, 0.05) is 0 Å². The van der Waals surface area contributed by atoms with Crippen LogP contribution in [0.5, 0.6) is 0 Å². The minimum atomic E-state index is -0.152. The summed E-state index contributed by atoms with van der Waals surface area (Å²) in [6.07, 6.45) is 17.7. The molecule has 5 rings (SSSR count). The van der Waals surface area contributed by atoms with Crippen LogP contribution in [0.15, 0.2) is 53.6 Å². The molecule has 4 aliphatic carbocycles. The molecule has 2 heteroatoms. The number of rotatable bonds is 6. The molecule has 3 fully saturated rings. The molecule has 36 heavy (non-hydrogen) atoms. The molecule has 1 aromatic carbocycles. The van der Waals surface area contributed by atoms with Crippen molar-refractivity contribution < 1.29 is 9.53 Å². The van der Waals surface area contributed by atoms with E-state index in [9.17, 15) is 4.79 Å². The summed E-state index contributed by atoms with van der Waals surface area (Å²) in [5, 5.41) is 0. The van der Waals surface area contributed by atoms with Gasteiger partial charge in [-0.05, 0) is 131 Å². The van der Waals surface area contributed by atoms with Gasteiger partial charge in [0.15, 0.2) is 0 Å². The molecule has 0 N–H and O–H groups in total. The second kappa shape index (κ2) is 10.1. The van der Waals surface area contributed by atoms with Gasteiger partial charge >= 0.3 is 5.97 Å². The van der Waals surface area contributed by atoms with Crippen LogP contribution in [0.25, 0.3) is 0 Å². The van der Waals surface area contributed by atoms with E-state index >= 15 is 0 Å². The van der Waals surface area contributed by atoms with Crippen molar-refractivity contribution in [2.75, 3.05) is 0 Å². The predicted octanol–water partition coefficient (Wildman–Crippen LogP) is 9.17. The summed E-state index contributed by atoms with van der Waals surface area (Å²) in [7, 11) is 0. The second-order valence-electron chi connectivity index (χ2n) is 13.5. The molecule has 0 radical (unpaired) electrons. The Hall–Kier alpha value is -1.83. The molecule has 4 aliphatic rings. The largest absolute Gasteiger partial charge is 0.459 e. The third-order valence-electron chi connectivity index (χ3n) is 11.2. The van der Waals surface area contributed by atoms with Crippen molar-refractivity contribution in [3.05, 3.63) is 59.2 Å². The summed E-state index contributed by atoms with van der Waals surface area (Å²) in [4.78, 5) is 12.7. The molecule has 196 valence electrons. The van der Waals surface area contributed by atoms with Crippen molar-refractivity contribution >= 4 is 5.97 Å². The highest BCUT2D eigenvalue weighted by Crippen LogP contribution is 2.67. The molecule has 0 bridgehead atoms. The number of carbonyl (C=O) groups is 1. The van der Waals surface area contributed by atoms with Gasteiger partial charge in [0.1, 0.15) is 6.10 Å². The Balaban J connectivity index is 1.27. The zero-order valence-corrected chi connectivity index (χ0v) is 23.4. The van der Waals surface area contributed by atoms with Crippen molar-refractivity contribution in [3.63, 3.8) is 0 Å². The van der Waals surface area contributed by atoms with Gasteiger partial charge in [-0.3, -0.25) is 0 Å². The topological polar surface area (TPSA) is 26.3 Å². The maximum absolute atomic E-state index is 12.7. The van der Waals surface area contributed by atoms with E-state index in [0.29, 0.717) is 22.3 Å². The van der Waals surface area contributed by atoms with Crippen molar-refractivity contribution in [3.8, 4) is 0 Å². The Morgan fingerprint density at radius 1 is 1.03 bits per heavy atom. The number of hydrogen-bond acceptors (Lipinski definition) is 2. The Kier molecular flexibility index (Phi) is 7.27. The van der Waals surface area contributed by atoms with E-state index in [1.807, 2.05) is 35.9 Å². The van der Waals surface area contributed by atoms with E-state index in [4.69, 9.17) is 4.74 Å². The number of hydrogen-bond donors (Lipinski definition) is 0. The zero-order chi connectivity index (χ0) is 25.5. The fourth-order valence-electron chi connectivity index (χ4n) is 9.19. The molecular weight excluding hydrogens is 440 g/mol. The Bertz CT molecular complexity index is 1000. The van der Waals surface area contributed by atoms with Gasteiger partial charge in [-0.2, -0.15) is 0 Å². The van der Waals surface area contributed by atoms with Gasteiger partial charge in [-0.1, -0.05) is 62.3 Å². The Morgan fingerprint density at radius 2 is 1.75 bits per heavy atom. The number of ether oxygens (including phenoxy) is 1. The molecule has 0 amide bonds. The first kappa shape index (κ1) is 25.8. The summed E-state index contributed by atoms with van der Waals surface area (Å²) in [5.41, 5.74) is 4.82. The van der Waals surface area contributed by atoms with E-state index in [2.05, 4.69) is 46.8 Å². The number of fused-ring (bicyclic) bond motifs is 5. The smallest absolute Gasteiger partial charge is 0.338 e. The molecule has 3 saturated carbocycles. The van der Waals surface area contributed by atoms with Crippen LogP contribution in [0, 0.1) is 40.4 Å². The highest BCUT2D eigenvalue weighted by atomic mass is 16.5. The van der Waals surface area contributed by atoms with Crippen LogP contribution in [-0.4, -0.2) is 12.1 Å². The zero-order valence-electron chi connectivity index (χ0n) is 23.4. The molecule has 0 spiro atoms. The quantitative estimate of drug-likeness (QED) is 0.295. The van der Waals surface area contributed by atoms with E-state index in [-0.39, 0.29) is 12.1 Å². The monoisotopic (exact) mass is 488 g/mol. The standard InChI is InChI=1S/C34H48O2/c1-23(2)10-9-11-24(3)29-16-17-30-28-15-14-26-22-27(36-32(35)25-12-7-6-8-13-25)18-20-33(26,4)31(28)19-21-34(29,30)5/h6-8,10,12-13,15,24,26-27,29-31H,9,11,14,16-22H2,1-5H3. The normalized spacial score (nSPS) is 38.1. The average molecular weight is 489 g/mol. The molecule has 0 aliphatic heterocycles. The number of carbonyl (C=O) groups excluding carboxylic acids is 1. The first-order chi connectivity index (χ1) is 17.2. The average Bonchev–Trinajstić information content (AvgIpc) is 3.22. The van der Waals surface area contributed by atoms with Gasteiger partial charge in [-0.25, -0.2) is 4.79 Å². The predicted molar refractivity (Wildman–Crippen MR) is 149 cm³/mol. The van der Waals surface area contributed by atoms with Gasteiger partial charge in [0.2, 0.25) is 0 Å². The van der Waals surface area contributed by atoms with Gasteiger partial charge < -0.3 is 4.74 Å². The Labute approximate surface area is 220 Å². The lowest BCUT2D eigenvalue weighted by Crippen LogP contribution is -2.50. The number of esters is 1. The summed E-state index contributed by atoms with van der Waals surface area (Å²) in [6.45, 7) is 12.2. The molecule has 1 aromatic rings. The molecule has 0 saturated heterocycles. The Morgan fingerprint density at radius 3 is 2.50 bits per heavy atom. The van der Waals surface area contributed by atoms with Crippen LogP contribution >= 0.6 is 0 Å². The first-order valence-corrected chi connectivity index (χ1v) is 14.8. The van der Waals surface area contributed by atoms with Gasteiger partial charge in [0.25, 0.3) is 0 Å². The van der Waals surface area contributed by atoms with Gasteiger partial charge in [0.05, 0.1) is 5.56 Å². The van der Waals surface area contributed by atoms with Crippen LogP contribution in [0.2, 0.25) is 0 Å². The highest BCUT2D eigenvalue weighted by molar-refractivity contribution is 5.89. The van der Waals surface area contributed by atoms with Crippen LogP contribution in [0.3, 0.4) is 0 Å². The highest BCUT2D eigenvalue weighted by Gasteiger charge is 2.58. The maximum atomic E-state index is 12.7. The molecule has 8 atom stereocenters. The van der Waals surface area contributed by atoms with E-state index in [1.165, 1.54) is 56.9 Å². The lowest BCUT2D eigenvalue weighted by molar-refractivity contribution is -0.0523. The summed E-state index contributed by atoms with van der Waals surface area (Å²) < 4.78 is 6.02. The minimum Gasteiger partial charge on any atom is -0.459 e. The third-order valence-corrected chi connectivity index (χ3v) is 11.2. The lowest BCUT2D eigenvalue weighted by Gasteiger charge is -2.58. The first-order valence-electron chi connectivity index (χ1n) is 14.8. The van der Waals surface area contributed by atoms with Crippen LogP contribution in [0.4, 0.5) is 0 Å². The van der Waals surface area contributed by atoms with Crippen molar-refractivity contribution in [2.45, 2.75) is 105 Å². The van der Waals surface area contributed by atoms with E-state index in [1.54, 1.807) is 0 Å². The van der Waals surface area contributed by atoms with Crippen LogP contribution in [-0.2, 0) is 4.74 Å². The summed E-state index contributed by atoms with van der Waals surface area (Å²) >= 11 is 0. The van der Waals surface area contributed by atoms with Gasteiger partial charge in [-0.15, -0.1) is 0 Å². The van der Waals surface area contributed by atoms with E-state index in [0.717, 1.165) is 36.5 Å². The number of benzene rings is 1. The molecule has 0 aromatic heterocycles. The maximum Gasteiger partial charge on any atom is 0.338 e. The van der Waals surface area contributed by atoms with Crippen LogP contribution < -0.4 is 0 Å². The molecule has 2 nitrogen and oxygen atoms in total. The second-order valence-corrected chi connectivity index (χ2v) is 13.5. The van der Waals surface area contributed by atoms with Crippen LogP contribution in [0.1, 0.15) is 109 Å². The summed E-state index contributed by atoms with van der Waals surface area (Å²) in [5.74, 6) is 3.69. The van der Waals surface area contributed by atoms with Crippen molar-refractivity contribution in [1.29, 1.82) is 0 Å². The lowest BCUT2D eigenvalue weighted by atomic mass is 9.47. The molecule has 8 unspecified atom stereocenters. The SMILES string of the molecule is CC(C)=CCCC(C)C1CCC2C3=CCC4CC(OC(=O)c5ccccc5)CCC4(C)C3CCC21C. The minimum absolute atomic E-state index is 0.0668. The molecular formula is C34H48O2. The fourth-order valence-corrected chi connectivity index (χ4v) is 9.19. The van der Waals surface area contributed by atoms with Crippen molar-refractivity contribution in [2.24, 2.45) is 40.4 Å².